The zero-order valence-electron chi connectivity index (χ0n) is 15.6. The van der Waals surface area contributed by atoms with Crippen LogP contribution in [0.3, 0.4) is 0 Å². The van der Waals surface area contributed by atoms with Gasteiger partial charge in [-0.1, -0.05) is 43.7 Å². The lowest BCUT2D eigenvalue weighted by Gasteiger charge is -2.11. The fourth-order valence-electron chi connectivity index (χ4n) is 3.05. The first kappa shape index (κ1) is 18.0. The van der Waals surface area contributed by atoms with Gasteiger partial charge in [0, 0.05) is 36.6 Å². The maximum absolute atomic E-state index is 12.0. The summed E-state index contributed by atoms with van der Waals surface area (Å²) < 4.78 is 9.29. The SMILES string of the molecule is CCCc1nn(Cc2ccccc2)cc1-c1cn(C)c(=O)cc1OCC. The number of aromatic nitrogens is 3. The van der Waals surface area contributed by atoms with Crippen molar-refractivity contribution >= 4 is 0 Å². The van der Waals surface area contributed by atoms with Crippen molar-refractivity contribution in [3.63, 3.8) is 0 Å². The summed E-state index contributed by atoms with van der Waals surface area (Å²) in [5, 5.41) is 4.80. The standard InChI is InChI=1S/C21H25N3O2/c1-4-9-19-17(15-24(22-19)13-16-10-7-6-8-11-16)18-14-23(3)21(25)12-20(18)26-5-2/h6-8,10-12,14-15H,4-5,9,13H2,1-3H3. The van der Waals surface area contributed by atoms with E-state index in [9.17, 15) is 4.79 Å². The molecule has 0 bridgehead atoms. The number of nitrogens with zero attached hydrogens (tertiary/aromatic N) is 3. The fourth-order valence-corrected chi connectivity index (χ4v) is 3.05. The Morgan fingerprint density at radius 1 is 1.08 bits per heavy atom. The second-order valence-corrected chi connectivity index (χ2v) is 6.36. The van der Waals surface area contributed by atoms with Crippen LogP contribution in [0.1, 0.15) is 31.5 Å². The van der Waals surface area contributed by atoms with Gasteiger partial charge in [-0.25, -0.2) is 0 Å². The maximum Gasteiger partial charge on any atom is 0.254 e. The zero-order valence-corrected chi connectivity index (χ0v) is 15.6. The first-order valence-electron chi connectivity index (χ1n) is 9.06. The van der Waals surface area contributed by atoms with Crippen LogP contribution in [0.15, 0.2) is 53.6 Å². The first-order chi connectivity index (χ1) is 12.6. The van der Waals surface area contributed by atoms with E-state index in [1.807, 2.05) is 36.0 Å². The average Bonchev–Trinajstić information content (AvgIpc) is 3.01. The van der Waals surface area contributed by atoms with Crippen molar-refractivity contribution in [3.05, 3.63) is 70.4 Å². The highest BCUT2D eigenvalue weighted by Crippen LogP contribution is 2.31. The quantitative estimate of drug-likeness (QED) is 0.653. The molecule has 3 aromatic rings. The largest absolute Gasteiger partial charge is 0.493 e. The first-order valence-corrected chi connectivity index (χ1v) is 9.06. The number of hydrogen-bond acceptors (Lipinski definition) is 3. The Kier molecular flexibility index (Phi) is 5.56. The van der Waals surface area contributed by atoms with Crippen LogP contribution in [0, 0.1) is 0 Å². The van der Waals surface area contributed by atoms with Gasteiger partial charge in [-0.2, -0.15) is 5.10 Å². The van der Waals surface area contributed by atoms with E-state index in [1.54, 1.807) is 17.7 Å². The van der Waals surface area contributed by atoms with E-state index in [4.69, 9.17) is 9.84 Å². The van der Waals surface area contributed by atoms with Crippen LogP contribution in [0.25, 0.3) is 11.1 Å². The Bertz CT molecular complexity index is 926. The number of aryl methyl sites for hydroxylation is 2. The molecular weight excluding hydrogens is 326 g/mol. The Hall–Kier alpha value is -2.82. The van der Waals surface area contributed by atoms with Crippen molar-refractivity contribution in [3.8, 4) is 16.9 Å². The fraction of sp³-hybridized carbons (Fsp3) is 0.333. The Balaban J connectivity index is 2.06. The van der Waals surface area contributed by atoms with Gasteiger partial charge in [-0.05, 0) is 18.9 Å². The lowest BCUT2D eigenvalue weighted by Crippen LogP contribution is -2.16. The Morgan fingerprint density at radius 3 is 2.54 bits per heavy atom. The van der Waals surface area contributed by atoms with E-state index >= 15 is 0 Å². The number of rotatable bonds is 7. The second kappa shape index (κ2) is 8.04. The Labute approximate surface area is 153 Å². The third kappa shape index (κ3) is 3.87. The lowest BCUT2D eigenvalue weighted by molar-refractivity contribution is 0.340. The van der Waals surface area contributed by atoms with Gasteiger partial charge in [0.1, 0.15) is 5.75 Å². The van der Waals surface area contributed by atoms with Gasteiger partial charge in [-0.15, -0.1) is 0 Å². The van der Waals surface area contributed by atoms with Crippen molar-refractivity contribution < 1.29 is 4.74 Å². The molecular formula is C21H25N3O2. The van der Waals surface area contributed by atoms with Gasteiger partial charge >= 0.3 is 0 Å². The summed E-state index contributed by atoms with van der Waals surface area (Å²) in [6.07, 6.45) is 5.79. The van der Waals surface area contributed by atoms with Gasteiger partial charge in [0.25, 0.3) is 5.56 Å². The summed E-state index contributed by atoms with van der Waals surface area (Å²) in [4.78, 5) is 12.0. The number of pyridine rings is 1. The minimum atomic E-state index is -0.0779. The highest BCUT2D eigenvalue weighted by atomic mass is 16.5. The molecule has 0 aliphatic carbocycles. The van der Waals surface area contributed by atoms with Crippen LogP contribution < -0.4 is 10.3 Å². The van der Waals surface area contributed by atoms with E-state index in [1.165, 1.54) is 5.56 Å². The molecule has 2 aromatic heterocycles. The average molecular weight is 351 g/mol. The molecule has 5 nitrogen and oxygen atoms in total. The van der Waals surface area contributed by atoms with Crippen LogP contribution in [-0.2, 0) is 20.0 Å². The van der Waals surface area contributed by atoms with Crippen LogP contribution in [0.5, 0.6) is 5.75 Å². The van der Waals surface area contributed by atoms with E-state index in [0.717, 1.165) is 29.7 Å². The van der Waals surface area contributed by atoms with Gasteiger partial charge < -0.3 is 9.30 Å². The van der Waals surface area contributed by atoms with E-state index in [2.05, 4.69) is 25.3 Å². The van der Waals surface area contributed by atoms with Gasteiger partial charge in [-0.3, -0.25) is 9.48 Å². The predicted octanol–water partition coefficient (Wildman–Crippen LogP) is 3.65. The molecule has 1 aromatic carbocycles. The molecule has 2 heterocycles. The second-order valence-electron chi connectivity index (χ2n) is 6.36. The summed E-state index contributed by atoms with van der Waals surface area (Å²) in [5.74, 6) is 0.618. The highest BCUT2D eigenvalue weighted by molar-refractivity contribution is 5.71. The third-order valence-corrected chi connectivity index (χ3v) is 4.29. The number of benzene rings is 1. The normalized spacial score (nSPS) is 10.9. The summed E-state index contributed by atoms with van der Waals surface area (Å²) in [7, 11) is 1.76. The molecule has 0 unspecified atom stereocenters. The lowest BCUT2D eigenvalue weighted by atomic mass is 10.0. The Morgan fingerprint density at radius 2 is 1.85 bits per heavy atom. The highest BCUT2D eigenvalue weighted by Gasteiger charge is 2.16. The van der Waals surface area contributed by atoms with Crippen LogP contribution in [-0.4, -0.2) is 21.0 Å². The van der Waals surface area contributed by atoms with E-state index in [0.29, 0.717) is 18.9 Å². The minimum absolute atomic E-state index is 0.0779. The van der Waals surface area contributed by atoms with Crippen LogP contribution >= 0.6 is 0 Å². The molecule has 0 N–H and O–H groups in total. The van der Waals surface area contributed by atoms with Crippen molar-refractivity contribution in [2.75, 3.05) is 6.61 Å². The summed E-state index contributed by atoms with van der Waals surface area (Å²) in [6.45, 7) is 5.30. The van der Waals surface area contributed by atoms with Gasteiger partial charge in [0.15, 0.2) is 0 Å². The van der Waals surface area contributed by atoms with Gasteiger partial charge in [0.05, 0.1) is 18.8 Å². The van der Waals surface area contributed by atoms with Crippen LogP contribution in [0.2, 0.25) is 0 Å². The number of hydrogen-bond donors (Lipinski definition) is 0. The van der Waals surface area contributed by atoms with Crippen molar-refractivity contribution in [2.45, 2.75) is 33.2 Å². The summed E-state index contributed by atoms with van der Waals surface area (Å²) in [6, 6.07) is 11.8. The molecule has 3 rings (SSSR count). The molecule has 0 saturated heterocycles. The molecule has 0 atom stereocenters. The molecule has 0 fully saturated rings. The molecule has 0 saturated carbocycles. The molecule has 0 spiro atoms. The van der Waals surface area contributed by atoms with Crippen molar-refractivity contribution in [2.24, 2.45) is 7.05 Å². The molecule has 0 amide bonds. The predicted molar refractivity (Wildman–Crippen MR) is 104 cm³/mol. The van der Waals surface area contributed by atoms with Gasteiger partial charge in [0.2, 0.25) is 0 Å². The minimum Gasteiger partial charge on any atom is -0.493 e. The molecule has 0 radical (unpaired) electrons. The molecule has 0 aliphatic rings. The van der Waals surface area contributed by atoms with Crippen molar-refractivity contribution in [1.82, 2.24) is 14.3 Å². The van der Waals surface area contributed by atoms with Crippen molar-refractivity contribution in [1.29, 1.82) is 0 Å². The molecule has 26 heavy (non-hydrogen) atoms. The van der Waals surface area contributed by atoms with E-state index in [-0.39, 0.29) is 5.56 Å². The van der Waals surface area contributed by atoms with Crippen LogP contribution in [0.4, 0.5) is 0 Å². The smallest absolute Gasteiger partial charge is 0.254 e. The summed E-state index contributed by atoms with van der Waals surface area (Å²) >= 11 is 0. The topological polar surface area (TPSA) is 49.0 Å². The maximum atomic E-state index is 12.0. The third-order valence-electron chi connectivity index (χ3n) is 4.29. The molecule has 136 valence electrons. The molecule has 0 aliphatic heterocycles. The molecule has 5 heteroatoms. The zero-order chi connectivity index (χ0) is 18.5. The summed E-state index contributed by atoms with van der Waals surface area (Å²) in [5.41, 5.74) is 4.10. The monoisotopic (exact) mass is 351 g/mol. The number of ether oxygens (including phenoxy) is 1. The van der Waals surface area contributed by atoms with E-state index < -0.39 is 0 Å².